The monoisotopic (exact) mass is 411 g/mol. The molecule has 0 aliphatic carbocycles. The molecule has 2 atom stereocenters. The van der Waals surface area contributed by atoms with Gasteiger partial charge in [0.1, 0.15) is 5.82 Å². The van der Waals surface area contributed by atoms with E-state index < -0.39 is 0 Å². The molecule has 4 aliphatic rings. The molecular weight excluding hydrogens is 374 g/mol. The normalized spacial score (nSPS) is 29.9. The van der Waals surface area contributed by atoms with E-state index in [0.29, 0.717) is 11.9 Å². The maximum Gasteiger partial charge on any atom is 0.233 e. The van der Waals surface area contributed by atoms with Crippen molar-refractivity contribution >= 4 is 17.4 Å². The van der Waals surface area contributed by atoms with Crippen molar-refractivity contribution in [1.82, 2.24) is 15.2 Å². The molecule has 4 saturated heterocycles. The highest BCUT2D eigenvalue weighted by Crippen LogP contribution is 2.41. The standard InChI is InChI=1S/C24H37N5O/c1-18-5-3-14-28(18)20-8-16-27(17-20)22-7-6-21(19(2)26-22)29-15-4-9-24(23(29)30)10-12-25-13-11-24/h6-7,18,20,25H,3-5,8-17H2,1-2H3/t18-,20+/m0/s1. The second-order valence-electron chi connectivity index (χ2n) is 9.98. The van der Waals surface area contributed by atoms with E-state index >= 15 is 0 Å². The molecule has 6 heteroatoms. The Balaban J connectivity index is 1.31. The summed E-state index contributed by atoms with van der Waals surface area (Å²) in [6.07, 6.45) is 7.98. The predicted molar refractivity (Wildman–Crippen MR) is 121 cm³/mol. The maximum atomic E-state index is 13.5. The number of hydrogen-bond donors (Lipinski definition) is 1. The van der Waals surface area contributed by atoms with Gasteiger partial charge in [-0.25, -0.2) is 4.98 Å². The molecule has 5 rings (SSSR count). The van der Waals surface area contributed by atoms with Crippen molar-refractivity contribution < 1.29 is 4.79 Å². The third kappa shape index (κ3) is 3.52. The summed E-state index contributed by atoms with van der Waals surface area (Å²) in [7, 11) is 0. The van der Waals surface area contributed by atoms with E-state index in [-0.39, 0.29) is 5.41 Å². The minimum atomic E-state index is -0.150. The first kappa shape index (κ1) is 20.3. The number of carbonyl (C=O) groups is 1. The second kappa shape index (κ2) is 8.12. The molecule has 1 amide bonds. The van der Waals surface area contributed by atoms with E-state index in [4.69, 9.17) is 4.98 Å². The summed E-state index contributed by atoms with van der Waals surface area (Å²) in [5, 5.41) is 3.42. The molecular formula is C24H37N5O. The zero-order valence-electron chi connectivity index (χ0n) is 18.7. The molecule has 0 aromatic carbocycles. The molecule has 0 saturated carbocycles. The summed E-state index contributed by atoms with van der Waals surface area (Å²) in [6, 6.07) is 5.68. The number of likely N-dealkylation sites (tertiary alicyclic amines) is 1. The van der Waals surface area contributed by atoms with Gasteiger partial charge in [-0.2, -0.15) is 0 Å². The van der Waals surface area contributed by atoms with Crippen molar-refractivity contribution in [3.63, 3.8) is 0 Å². The molecule has 0 radical (unpaired) electrons. The Labute approximate surface area is 181 Å². The number of nitrogens with one attached hydrogen (secondary N) is 1. The summed E-state index contributed by atoms with van der Waals surface area (Å²) < 4.78 is 0. The first-order valence-corrected chi connectivity index (χ1v) is 12.1. The highest BCUT2D eigenvalue weighted by Gasteiger charge is 2.45. The number of aromatic nitrogens is 1. The van der Waals surface area contributed by atoms with E-state index in [2.05, 4.69) is 41.1 Å². The lowest BCUT2D eigenvalue weighted by Crippen LogP contribution is -2.53. The van der Waals surface area contributed by atoms with Gasteiger partial charge in [-0.1, -0.05) is 0 Å². The molecule has 1 spiro atoms. The van der Waals surface area contributed by atoms with Crippen LogP contribution in [-0.2, 0) is 4.79 Å². The highest BCUT2D eigenvalue weighted by molar-refractivity contribution is 5.99. The van der Waals surface area contributed by atoms with Crippen molar-refractivity contribution in [1.29, 1.82) is 0 Å². The van der Waals surface area contributed by atoms with Crippen molar-refractivity contribution in [3.8, 4) is 0 Å². The van der Waals surface area contributed by atoms with Gasteiger partial charge in [0, 0.05) is 31.7 Å². The number of piperidine rings is 2. The molecule has 0 bridgehead atoms. The fourth-order valence-corrected chi connectivity index (χ4v) is 6.39. The van der Waals surface area contributed by atoms with Gasteiger partial charge in [0.15, 0.2) is 0 Å². The zero-order valence-corrected chi connectivity index (χ0v) is 18.7. The summed E-state index contributed by atoms with van der Waals surface area (Å²) in [5.41, 5.74) is 1.86. The van der Waals surface area contributed by atoms with Crippen LogP contribution in [0.4, 0.5) is 11.5 Å². The molecule has 0 unspecified atom stereocenters. The summed E-state index contributed by atoms with van der Waals surface area (Å²) >= 11 is 0. The van der Waals surface area contributed by atoms with Crippen molar-refractivity contribution in [3.05, 3.63) is 17.8 Å². The average molecular weight is 412 g/mol. The molecule has 164 valence electrons. The molecule has 4 aliphatic heterocycles. The first-order chi connectivity index (χ1) is 14.6. The van der Waals surface area contributed by atoms with E-state index in [9.17, 15) is 4.79 Å². The van der Waals surface area contributed by atoms with Crippen molar-refractivity contribution in [2.75, 3.05) is 49.1 Å². The van der Waals surface area contributed by atoms with Gasteiger partial charge in [0.2, 0.25) is 5.91 Å². The third-order valence-electron chi connectivity index (χ3n) is 8.19. The van der Waals surface area contributed by atoms with E-state index in [1.807, 2.05) is 4.90 Å². The first-order valence-electron chi connectivity index (χ1n) is 12.1. The Morgan fingerprint density at radius 2 is 1.90 bits per heavy atom. The van der Waals surface area contributed by atoms with Crippen LogP contribution in [0.3, 0.4) is 0 Å². The average Bonchev–Trinajstić information content (AvgIpc) is 3.40. The van der Waals surface area contributed by atoms with E-state index in [1.54, 1.807) is 0 Å². The number of hydrogen-bond acceptors (Lipinski definition) is 5. The number of amides is 1. The van der Waals surface area contributed by atoms with Crippen LogP contribution in [0.1, 0.15) is 57.6 Å². The van der Waals surface area contributed by atoms with Crippen molar-refractivity contribution in [2.24, 2.45) is 5.41 Å². The lowest BCUT2D eigenvalue weighted by molar-refractivity contribution is -0.132. The Morgan fingerprint density at radius 1 is 1.07 bits per heavy atom. The quantitative estimate of drug-likeness (QED) is 0.829. The largest absolute Gasteiger partial charge is 0.355 e. The number of nitrogens with zero attached hydrogens (tertiary/aromatic N) is 4. The number of pyridine rings is 1. The molecule has 1 aromatic heterocycles. The fraction of sp³-hybridized carbons (Fsp3) is 0.750. The van der Waals surface area contributed by atoms with Crippen LogP contribution in [0, 0.1) is 12.3 Å². The van der Waals surface area contributed by atoms with Crippen LogP contribution in [0.15, 0.2) is 12.1 Å². The molecule has 1 N–H and O–H groups in total. The Hall–Kier alpha value is -1.66. The van der Waals surface area contributed by atoms with Crippen LogP contribution in [0.2, 0.25) is 0 Å². The van der Waals surface area contributed by atoms with Crippen LogP contribution < -0.4 is 15.1 Å². The Morgan fingerprint density at radius 3 is 2.63 bits per heavy atom. The third-order valence-corrected chi connectivity index (χ3v) is 8.19. The minimum absolute atomic E-state index is 0.150. The summed E-state index contributed by atoms with van der Waals surface area (Å²) in [6.45, 7) is 10.6. The predicted octanol–water partition coefficient (Wildman–Crippen LogP) is 2.95. The SMILES string of the molecule is Cc1nc(N2CC[C@@H](N3CCC[C@@H]3C)C2)ccc1N1CCCC2(CCNCC2)C1=O. The second-order valence-corrected chi connectivity index (χ2v) is 9.98. The summed E-state index contributed by atoms with van der Waals surface area (Å²) in [4.78, 5) is 25.6. The van der Waals surface area contributed by atoms with Gasteiger partial charge >= 0.3 is 0 Å². The van der Waals surface area contributed by atoms with E-state index in [0.717, 1.165) is 81.6 Å². The van der Waals surface area contributed by atoms with Crippen LogP contribution in [0.5, 0.6) is 0 Å². The number of aryl methyl sites for hydroxylation is 1. The molecule has 4 fully saturated rings. The lowest BCUT2D eigenvalue weighted by Gasteiger charge is -2.44. The van der Waals surface area contributed by atoms with Gasteiger partial charge in [0.25, 0.3) is 0 Å². The maximum absolute atomic E-state index is 13.5. The Bertz CT molecular complexity index is 784. The topological polar surface area (TPSA) is 51.7 Å². The van der Waals surface area contributed by atoms with Gasteiger partial charge in [-0.15, -0.1) is 0 Å². The molecule has 1 aromatic rings. The van der Waals surface area contributed by atoms with Crippen molar-refractivity contribution in [2.45, 2.75) is 70.9 Å². The van der Waals surface area contributed by atoms with Gasteiger partial charge in [-0.3, -0.25) is 9.69 Å². The smallest absolute Gasteiger partial charge is 0.233 e. The van der Waals surface area contributed by atoms with Gasteiger partial charge in [-0.05, 0) is 90.6 Å². The van der Waals surface area contributed by atoms with Gasteiger partial charge in [0.05, 0.1) is 16.8 Å². The number of anilines is 2. The zero-order chi connectivity index (χ0) is 20.7. The van der Waals surface area contributed by atoms with Crippen LogP contribution in [0.25, 0.3) is 0 Å². The van der Waals surface area contributed by atoms with Crippen LogP contribution in [-0.4, -0.2) is 67.1 Å². The lowest BCUT2D eigenvalue weighted by atomic mass is 9.72. The minimum Gasteiger partial charge on any atom is -0.355 e. The van der Waals surface area contributed by atoms with E-state index in [1.165, 1.54) is 25.8 Å². The fourth-order valence-electron chi connectivity index (χ4n) is 6.39. The Kier molecular flexibility index (Phi) is 5.48. The molecule has 6 nitrogen and oxygen atoms in total. The van der Waals surface area contributed by atoms with Gasteiger partial charge < -0.3 is 15.1 Å². The molecule has 30 heavy (non-hydrogen) atoms. The highest BCUT2D eigenvalue weighted by atomic mass is 16.2. The van der Waals surface area contributed by atoms with Crippen LogP contribution >= 0.6 is 0 Å². The summed E-state index contributed by atoms with van der Waals surface area (Å²) in [5.74, 6) is 1.41. The molecule has 5 heterocycles. The number of rotatable bonds is 3. The number of carbonyl (C=O) groups excluding carboxylic acids is 1.